The molecule has 4 bridgehead atoms. The van der Waals surface area contributed by atoms with Crippen LogP contribution in [0.1, 0.15) is 124 Å². The molecule has 46 heavy (non-hydrogen) atoms. The number of rotatable bonds is 20. The molecule has 0 radical (unpaired) electrons. The minimum absolute atomic E-state index is 0.159. The lowest BCUT2D eigenvalue weighted by atomic mass is 9.45. The first kappa shape index (κ1) is 34.7. The van der Waals surface area contributed by atoms with Crippen LogP contribution in [0.15, 0.2) is 11.3 Å². The molecular weight excluding hydrogens is 584 g/mol. The summed E-state index contributed by atoms with van der Waals surface area (Å²) in [5.74, 6) is 0.238. The van der Waals surface area contributed by atoms with Crippen LogP contribution >= 0.6 is 0 Å². The van der Waals surface area contributed by atoms with Crippen molar-refractivity contribution in [2.45, 2.75) is 135 Å². The van der Waals surface area contributed by atoms with E-state index in [1.54, 1.807) is 6.92 Å². The molecule has 0 aromatic rings. The Morgan fingerprint density at radius 2 is 1.09 bits per heavy atom. The second-order valence-corrected chi connectivity index (χ2v) is 16.9. The van der Waals surface area contributed by atoms with Gasteiger partial charge >= 0.3 is 5.97 Å². The molecule has 7 aliphatic rings. The summed E-state index contributed by atoms with van der Waals surface area (Å²) in [4.78, 5) is 12.6. The van der Waals surface area contributed by atoms with Crippen molar-refractivity contribution in [1.29, 1.82) is 0 Å². The van der Waals surface area contributed by atoms with Crippen LogP contribution in [0.4, 0.5) is 0 Å². The molecule has 3 heterocycles. The third-order valence-corrected chi connectivity index (χ3v) is 12.9. The number of ether oxygens (including phenoxy) is 6. The quantitative estimate of drug-likeness (QED) is 0.108. The first-order valence-corrected chi connectivity index (χ1v) is 18.7. The van der Waals surface area contributed by atoms with Crippen molar-refractivity contribution in [3.8, 4) is 0 Å². The highest BCUT2D eigenvalue weighted by Gasteiger charge is 2.67. The van der Waals surface area contributed by atoms with Crippen LogP contribution in [-0.2, 0) is 33.2 Å². The fourth-order valence-corrected chi connectivity index (χ4v) is 10.9. The molecule has 2 unspecified atom stereocenters. The lowest BCUT2D eigenvalue weighted by Crippen LogP contribution is -2.65. The van der Waals surface area contributed by atoms with Gasteiger partial charge in [0.2, 0.25) is 0 Å². The monoisotopic (exact) mass is 646 g/mol. The third kappa shape index (κ3) is 6.81. The van der Waals surface area contributed by atoms with Gasteiger partial charge < -0.3 is 33.5 Å². The molecule has 0 aromatic heterocycles. The minimum atomic E-state index is -0.885. The number of allylic oxidation sites excluding steroid dienone is 1. The predicted octanol–water partition coefficient (Wildman–Crippen LogP) is 7.48. The molecule has 8 heteroatoms. The third-order valence-electron chi connectivity index (χ3n) is 12.9. The highest BCUT2D eigenvalue weighted by Crippen LogP contribution is 2.68. The fourth-order valence-electron chi connectivity index (χ4n) is 10.9. The van der Waals surface area contributed by atoms with Crippen molar-refractivity contribution in [3.63, 3.8) is 0 Å². The molecule has 4 aliphatic carbocycles. The minimum Gasteiger partial charge on any atom is -0.497 e. The van der Waals surface area contributed by atoms with Gasteiger partial charge in [0.15, 0.2) is 0 Å². The Bertz CT molecular complexity index is 1060. The summed E-state index contributed by atoms with van der Waals surface area (Å²) in [6.07, 6.45) is 15.4. The van der Waals surface area contributed by atoms with Crippen LogP contribution in [0, 0.1) is 27.6 Å². The van der Waals surface area contributed by atoms with Gasteiger partial charge in [-0.3, -0.25) is 0 Å². The zero-order valence-corrected chi connectivity index (χ0v) is 29.4. The zero-order chi connectivity index (χ0) is 32.5. The first-order valence-electron chi connectivity index (χ1n) is 18.7. The summed E-state index contributed by atoms with van der Waals surface area (Å²) in [6.45, 7) is 15.3. The van der Waals surface area contributed by atoms with E-state index >= 15 is 0 Å². The van der Waals surface area contributed by atoms with E-state index in [1.165, 1.54) is 12.8 Å². The van der Waals surface area contributed by atoms with Crippen LogP contribution in [0.25, 0.3) is 0 Å². The summed E-state index contributed by atoms with van der Waals surface area (Å²) in [6, 6.07) is 0. The van der Waals surface area contributed by atoms with Crippen LogP contribution in [0.3, 0.4) is 0 Å². The van der Waals surface area contributed by atoms with Crippen molar-refractivity contribution < 1.29 is 38.3 Å². The smallest absolute Gasteiger partial charge is 0.334 e. The maximum atomic E-state index is 12.6. The van der Waals surface area contributed by atoms with Crippen molar-refractivity contribution >= 4 is 5.97 Å². The molecule has 1 N–H and O–H groups in total. The molecule has 0 spiro atoms. The molecule has 2 atom stereocenters. The van der Waals surface area contributed by atoms with E-state index in [0.29, 0.717) is 23.9 Å². The average molecular weight is 647 g/mol. The summed E-state index contributed by atoms with van der Waals surface area (Å²) >= 11 is 0. The summed E-state index contributed by atoms with van der Waals surface area (Å²) < 4.78 is 37.9. The van der Waals surface area contributed by atoms with E-state index in [9.17, 15) is 9.90 Å². The number of carboxylic acid groups (broad SMARTS) is 1. The Morgan fingerprint density at radius 3 is 1.46 bits per heavy atom. The van der Waals surface area contributed by atoms with Gasteiger partial charge in [-0.2, -0.15) is 0 Å². The van der Waals surface area contributed by atoms with Gasteiger partial charge in [-0.1, -0.05) is 40.0 Å². The van der Waals surface area contributed by atoms with Gasteiger partial charge in [0.1, 0.15) is 5.76 Å². The van der Waals surface area contributed by atoms with E-state index in [2.05, 4.69) is 20.8 Å². The lowest BCUT2D eigenvalue weighted by molar-refractivity contribution is -0.267. The van der Waals surface area contributed by atoms with E-state index in [0.717, 1.165) is 136 Å². The van der Waals surface area contributed by atoms with Crippen molar-refractivity contribution in [3.05, 3.63) is 11.3 Å². The van der Waals surface area contributed by atoms with Gasteiger partial charge in [-0.05, 0) is 83.5 Å². The molecule has 8 nitrogen and oxygen atoms in total. The molecule has 0 amide bonds. The van der Waals surface area contributed by atoms with E-state index in [-0.39, 0.29) is 27.4 Å². The number of aliphatic carboxylic acids is 1. The summed E-state index contributed by atoms with van der Waals surface area (Å²) in [5.41, 5.74) is -0.0367. The average Bonchev–Trinajstić information content (AvgIpc) is 2.94. The molecule has 4 saturated carbocycles. The fraction of sp³-hybridized carbons (Fsp3) is 0.921. The predicted molar refractivity (Wildman–Crippen MR) is 176 cm³/mol. The molecular formula is C38H62O8. The van der Waals surface area contributed by atoms with Gasteiger partial charge in [0, 0.05) is 41.3 Å². The molecule has 3 saturated heterocycles. The Labute approximate surface area is 277 Å². The van der Waals surface area contributed by atoms with Crippen molar-refractivity contribution in [2.75, 3.05) is 59.5 Å². The second kappa shape index (κ2) is 13.6. The summed E-state index contributed by atoms with van der Waals surface area (Å²) in [7, 11) is 0. The SMILES string of the molecule is CCCC1(CCOC(=C(C)C(=O)O)C23CC4CC(OCCC5(CCC)COC5)(CC(OCCC5(CCC)COC5)(C4)C2)C3)COC1. The number of hydrogen-bond donors (Lipinski definition) is 1. The highest BCUT2D eigenvalue weighted by atomic mass is 16.5. The number of carbonyl (C=O) groups is 1. The normalized spacial score (nSPS) is 35.1. The molecule has 0 aromatic carbocycles. The largest absolute Gasteiger partial charge is 0.497 e. The highest BCUT2D eigenvalue weighted by molar-refractivity contribution is 5.86. The van der Waals surface area contributed by atoms with Crippen LogP contribution < -0.4 is 0 Å². The van der Waals surface area contributed by atoms with Crippen molar-refractivity contribution in [1.82, 2.24) is 0 Å². The number of carboxylic acids is 1. The number of hydrogen-bond acceptors (Lipinski definition) is 7. The van der Waals surface area contributed by atoms with Crippen LogP contribution in [0.2, 0.25) is 0 Å². The van der Waals surface area contributed by atoms with Gasteiger partial charge in [0.25, 0.3) is 0 Å². The Morgan fingerprint density at radius 1 is 0.652 bits per heavy atom. The topological polar surface area (TPSA) is 92.7 Å². The zero-order valence-electron chi connectivity index (χ0n) is 29.4. The molecule has 7 fully saturated rings. The van der Waals surface area contributed by atoms with Crippen LogP contribution in [-0.4, -0.2) is 81.7 Å². The second-order valence-electron chi connectivity index (χ2n) is 16.9. The lowest BCUT2D eigenvalue weighted by Gasteiger charge is -2.66. The Kier molecular flexibility index (Phi) is 10.3. The van der Waals surface area contributed by atoms with Crippen molar-refractivity contribution in [2.24, 2.45) is 27.6 Å². The summed E-state index contributed by atoms with van der Waals surface area (Å²) in [5, 5.41) is 10.4. The Hall–Kier alpha value is -1.19. The standard InChI is InChI=1S/C38H62O8/c1-5-8-33(23-41-24-33)11-14-44-31(29(4)32(39)40)36-17-30-18-37(20-36,45-15-12-34(9-6-2)25-42-26-34)22-38(19-30,21-36)46-16-13-35(10-7-3)27-43-28-35/h30H,5-28H2,1-4H3,(H,39,40). The maximum absolute atomic E-state index is 12.6. The van der Waals surface area contributed by atoms with E-state index in [1.807, 2.05) is 0 Å². The Balaban J connectivity index is 1.24. The molecule has 7 rings (SSSR count). The van der Waals surface area contributed by atoms with E-state index in [4.69, 9.17) is 28.4 Å². The van der Waals surface area contributed by atoms with Gasteiger partial charge in [0.05, 0.1) is 63.0 Å². The molecule has 3 aliphatic heterocycles. The first-order chi connectivity index (χ1) is 22.1. The van der Waals surface area contributed by atoms with E-state index < -0.39 is 11.4 Å². The van der Waals surface area contributed by atoms with Gasteiger partial charge in [-0.15, -0.1) is 0 Å². The van der Waals surface area contributed by atoms with Gasteiger partial charge in [-0.25, -0.2) is 4.79 Å². The maximum Gasteiger partial charge on any atom is 0.334 e. The van der Waals surface area contributed by atoms with Crippen LogP contribution in [0.5, 0.6) is 0 Å². The molecule has 262 valence electrons.